The number of furan rings is 1. The van der Waals surface area contributed by atoms with Crippen LogP contribution >= 0.6 is 0 Å². The van der Waals surface area contributed by atoms with Crippen molar-refractivity contribution in [3.63, 3.8) is 0 Å². The zero-order valence-corrected chi connectivity index (χ0v) is 22.2. The number of benzene rings is 2. The molecule has 2 heterocycles. The Labute approximate surface area is 221 Å². The highest BCUT2D eigenvalue weighted by Crippen LogP contribution is 2.42. The zero-order chi connectivity index (χ0) is 27.4. The molecule has 202 valence electrons. The number of phenolic OH excluding ortho intramolecular Hbond substituents is 1. The van der Waals surface area contributed by atoms with Gasteiger partial charge < -0.3 is 33.9 Å². The number of hydrogen-bond donors (Lipinski definition) is 2. The lowest BCUT2D eigenvalue weighted by atomic mass is 9.94. The fourth-order valence-corrected chi connectivity index (χ4v) is 4.88. The maximum atomic E-state index is 13.8. The third kappa shape index (κ3) is 5.06. The van der Waals surface area contributed by atoms with Crippen LogP contribution in [0.15, 0.2) is 58.2 Å². The summed E-state index contributed by atoms with van der Waals surface area (Å²) in [4.78, 5) is 30.9. The third-order valence-corrected chi connectivity index (χ3v) is 6.87. The number of fused-ring (bicyclic) bond motifs is 1. The van der Waals surface area contributed by atoms with E-state index in [0.29, 0.717) is 41.9 Å². The molecule has 4 rings (SSSR count). The number of para-hydroxylation sites is 1. The Morgan fingerprint density at radius 1 is 1.08 bits per heavy atom. The number of carbonyl (C=O) groups excluding carboxylic acids is 2. The Balaban J connectivity index is 1.76. The van der Waals surface area contributed by atoms with Crippen LogP contribution in [0.5, 0.6) is 17.2 Å². The second-order valence-electron chi connectivity index (χ2n) is 9.02. The molecule has 0 radical (unpaired) electrons. The van der Waals surface area contributed by atoms with Gasteiger partial charge in [-0.3, -0.25) is 9.59 Å². The lowest BCUT2D eigenvalue weighted by molar-refractivity contribution is -0.129. The van der Waals surface area contributed by atoms with E-state index in [4.69, 9.17) is 13.9 Å². The third-order valence-electron chi connectivity index (χ3n) is 6.87. The number of Topliss-reactive ketones (excluding diaryl/α,β-unsaturated/α-hetero) is 1. The molecule has 1 unspecified atom stereocenters. The van der Waals surface area contributed by atoms with Gasteiger partial charge in [0.1, 0.15) is 0 Å². The first kappa shape index (κ1) is 27.1. The summed E-state index contributed by atoms with van der Waals surface area (Å²) in [6.07, 6.45) is 0.650. The van der Waals surface area contributed by atoms with E-state index in [1.165, 1.54) is 18.1 Å². The van der Waals surface area contributed by atoms with Gasteiger partial charge >= 0.3 is 0 Å². The van der Waals surface area contributed by atoms with Crippen molar-refractivity contribution < 1.29 is 33.7 Å². The number of ketones is 1. The highest BCUT2D eigenvalue weighted by Gasteiger charge is 2.44. The number of methoxy groups -OCH3 is 1. The molecule has 0 spiro atoms. The first-order chi connectivity index (χ1) is 18.3. The number of hydrogen-bond acceptors (Lipinski definition) is 8. The van der Waals surface area contributed by atoms with Crippen LogP contribution in [-0.2, 0) is 4.79 Å². The van der Waals surface area contributed by atoms with E-state index in [-0.39, 0.29) is 22.8 Å². The van der Waals surface area contributed by atoms with Gasteiger partial charge in [0.2, 0.25) is 5.78 Å². The first-order valence-corrected chi connectivity index (χ1v) is 12.9. The van der Waals surface area contributed by atoms with Gasteiger partial charge in [-0.05, 0) is 62.8 Å². The number of amides is 1. The molecule has 2 N–H and O–H groups in total. The number of phenols is 1. The molecule has 1 aliphatic heterocycles. The minimum Gasteiger partial charge on any atom is -0.504 e. The molecule has 3 aromatic rings. The highest BCUT2D eigenvalue weighted by molar-refractivity contribution is 6.16. The summed E-state index contributed by atoms with van der Waals surface area (Å²) in [6.45, 7) is 9.11. The van der Waals surface area contributed by atoms with Gasteiger partial charge in [-0.25, -0.2) is 0 Å². The molecule has 1 amide bonds. The topological polar surface area (TPSA) is 113 Å². The molecule has 1 aromatic heterocycles. The summed E-state index contributed by atoms with van der Waals surface area (Å²) in [7, 11) is 1.51. The number of nitrogens with zero attached hydrogens (tertiary/aromatic N) is 2. The molecule has 1 atom stereocenters. The van der Waals surface area contributed by atoms with E-state index in [9.17, 15) is 19.8 Å². The lowest BCUT2D eigenvalue weighted by Crippen LogP contribution is -2.34. The van der Waals surface area contributed by atoms with E-state index < -0.39 is 23.5 Å². The summed E-state index contributed by atoms with van der Waals surface area (Å²) >= 11 is 0. The van der Waals surface area contributed by atoms with Crippen LogP contribution < -0.4 is 9.47 Å². The normalized spacial score (nSPS) is 15.7. The summed E-state index contributed by atoms with van der Waals surface area (Å²) in [6, 6.07) is 10.7. The summed E-state index contributed by atoms with van der Waals surface area (Å²) in [5.74, 6) is -1.21. The van der Waals surface area contributed by atoms with Gasteiger partial charge in [0.15, 0.2) is 34.4 Å². The Bertz CT molecular complexity index is 1360. The number of rotatable bonds is 12. The monoisotopic (exact) mass is 522 g/mol. The van der Waals surface area contributed by atoms with Crippen LogP contribution in [0.1, 0.15) is 49.4 Å². The largest absolute Gasteiger partial charge is 0.504 e. The summed E-state index contributed by atoms with van der Waals surface area (Å²) in [5, 5.41) is 21.9. The van der Waals surface area contributed by atoms with Gasteiger partial charge in [-0.15, -0.1) is 0 Å². The Kier molecular flexibility index (Phi) is 8.26. The van der Waals surface area contributed by atoms with Gasteiger partial charge in [0.25, 0.3) is 5.91 Å². The summed E-state index contributed by atoms with van der Waals surface area (Å²) < 4.78 is 16.8. The number of aliphatic hydroxyl groups is 1. The quantitative estimate of drug-likeness (QED) is 0.325. The second-order valence-corrected chi connectivity index (χ2v) is 9.02. The van der Waals surface area contributed by atoms with Crippen molar-refractivity contribution in [1.82, 2.24) is 9.80 Å². The number of aromatic hydroxyl groups is 1. The predicted octanol–water partition coefficient (Wildman–Crippen LogP) is 4.86. The van der Waals surface area contributed by atoms with Gasteiger partial charge in [0, 0.05) is 11.9 Å². The Morgan fingerprint density at radius 2 is 1.84 bits per heavy atom. The molecule has 2 aromatic carbocycles. The molecule has 0 fully saturated rings. The van der Waals surface area contributed by atoms with Gasteiger partial charge in [-0.2, -0.15) is 0 Å². The standard InChI is InChI=1S/C29H34N2O7/c1-5-30(6-2)14-9-15-31-25(18-12-13-20(32)22(16-18)37-7-3)24(27(34)29(31)35)26(33)23-17-19-10-8-11-21(36-4)28(19)38-23/h8,10-13,16-17,25,32,34H,5-7,9,14-15H2,1-4H3. The molecular weight excluding hydrogens is 488 g/mol. The van der Waals surface area contributed by atoms with Crippen molar-refractivity contribution in [1.29, 1.82) is 0 Å². The molecule has 0 saturated carbocycles. The molecule has 9 nitrogen and oxygen atoms in total. The minimum absolute atomic E-state index is 0.0161. The maximum absolute atomic E-state index is 13.8. The van der Waals surface area contributed by atoms with Crippen molar-refractivity contribution in [2.24, 2.45) is 0 Å². The van der Waals surface area contributed by atoms with Crippen LogP contribution in [0.4, 0.5) is 0 Å². The van der Waals surface area contributed by atoms with Crippen LogP contribution in [0, 0.1) is 0 Å². The fourth-order valence-electron chi connectivity index (χ4n) is 4.88. The fraction of sp³-hybridized carbons (Fsp3) is 0.379. The van der Waals surface area contributed by atoms with Crippen molar-refractivity contribution in [2.45, 2.75) is 33.2 Å². The van der Waals surface area contributed by atoms with Crippen molar-refractivity contribution >= 4 is 22.7 Å². The van der Waals surface area contributed by atoms with Crippen LogP contribution in [-0.4, -0.2) is 71.6 Å². The molecule has 9 heteroatoms. The maximum Gasteiger partial charge on any atom is 0.290 e. The minimum atomic E-state index is -0.887. The smallest absolute Gasteiger partial charge is 0.290 e. The average Bonchev–Trinajstić information content (AvgIpc) is 3.47. The average molecular weight is 523 g/mol. The molecule has 0 bridgehead atoms. The molecule has 0 aliphatic carbocycles. The number of carbonyl (C=O) groups is 2. The van der Waals surface area contributed by atoms with E-state index >= 15 is 0 Å². The molecule has 0 saturated heterocycles. The Morgan fingerprint density at radius 3 is 2.53 bits per heavy atom. The lowest BCUT2D eigenvalue weighted by Gasteiger charge is -2.28. The van der Waals surface area contributed by atoms with E-state index in [2.05, 4.69) is 18.7 Å². The van der Waals surface area contributed by atoms with Gasteiger partial charge in [-0.1, -0.05) is 32.0 Å². The van der Waals surface area contributed by atoms with Crippen LogP contribution in [0.2, 0.25) is 0 Å². The second kappa shape index (κ2) is 11.6. The van der Waals surface area contributed by atoms with Crippen LogP contribution in [0.25, 0.3) is 11.0 Å². The highest BCUT2D eigenvalue weighted by atomic mass is 16.5. The van der Waals surface area contributed by atoms with E-state index in [1.54, 1.807) is 43.3 Å². The van der Waals surface area contributed by atoms with Crippen molar-refractivity contribution in [2.75, 3.05) is 39.9 Å². The van der Waals surface area contributed by atoms with Gasteiger partial charge in [0.05, 0.1) is 25.3 Å². The molecule has 38 heavy (non-hydrogen) atoms. The van der Waals surface area contributed by atoms with Crippen molar-refractivity contribution in [3.8, 4) is 17.2 Å². The molecule has 1 aliphatic rings. The summed E-state index contributed by atoms with van der Waals surface area (Å²) in [5.41, 5.74) is 0.853. The van der Waals surface area contributed by atoms with E-state index in [0.717, 1.165) is 19.6 Å². The molecular formula is C29H34N2O7. The number of aliphatic hydroxyl groups excluding tert-OH is 1. The predicted molar refractivity (Wildman–Crippen MR) is 143 cm³/mol. The SMILES string of the molecule is CCOc1cc(C2C(C(=O)c3cc4cccc(OC)c4o3)=C(O)C(=O)N2CCCN(CC)CC)ccc1O. The van der Waals surface area contributed by atoms with Crippen molar-refractivity contribution in [3.05, 3.63) is 65.1 Å². The first-order valence-electron chi connectivity index (χ1n) is 12.9. The van der Waals surface area contributed by atoms with Crippen LogP contribution in [0.3, 0.4) is 0 Å². The Hall–Kier alpha value is -3.98. The van der Waals surface area contributed by atoms with E-state index in [1.807, 2.05) is 0 Å². The number of ether oxygens (including phenoxy) is 2. The zero-order valence-electron chi connectivity index (χ0n) is 22.2.